The first-order chi connectivity index (χ1) is 8.08. The number of nitrogens with zero attached hydrogens (tertiary/aromatic N) is 2. The van der Waals surface area contributed by atoms with E-state index in [-0.39, 0.29) is 11.9 Å². The number of carbonyl (C=O) groups excluding carboxylic acids is 1. The molecular formula is C12H20N2O3. The lowest BCUT2D eigenvalue weighted by molar-refractivity contribution is -0.141. The van der Waals surface area contributed by atoms with Crippen LogP contribution in [0.3, 0.4) is 0 Å². The number of carboxylic acid groups (broad SMARTS) is 1. The molecule has 5 nitrogen and oxygen atoms in total. The Kier molecular flexibility index (Phi) is 3.54. The molecule has 0 bridgehead atoms. The van der Waals surface area contributed by atoms with Crippen molar-refractivity contribution in [3.05, 3.63) is 0 Å². The fourth-order valence-corrected chi connectivity index (χ4v) is 2.54. The number of carbonyl (C=O) groups is 2. The molecule has 2 amide bonds. The number of hydrogen-bond donors (Lipinski definition) is 1. The predicted molar refractivity (Wildman–Crippen MR) is 62.7 cm³/mol. The zero-order chi connectivity index (χ0) is 12.4. The molecule has 1 unspecified atom stereocenters. The quantitative estimate of drug-likeness (QED) is 0.750. The molecule has 0 radical (unpaired) electrons. The molecule has 17 heavy (non-hydrogen) atoms. The fraction of sp³-hybridized carbons (Fsp3) is 0.833. The zero-order valence-corrected chi connectivity index (χ0v) is 10.3. The van der Waals surface area contributed by atoms with Gasteiger partial charge in [0, 0.05) is 26.2 Å². The first-order valence-corrected chi connectivity index (χ1v) is 6.34. The molecule has 0 spiro atoms. The summed E-state index contributed by atoms with van der Waals surface area (Å²) in [7, 11) is 0. The van der Waals surface area contributed by atoms with Crippen LogP contribution in [0.4, 0.5) is 4.79 Å². The van der Waals surface area contributed by atoms with Crippen LogP contribution >= 0.6 is 0 Å². The summed E-state index contributed by atoms with van der Waals surface area (Å²) < 4.78 is 0. The van der Waals surface area contributed by atoms with Crippen LogP contribution in [0.2, 0.25) is 0 Å². The minimum absolute atomic E-state index is 0.0284. The highest BCUT2D eigenvalue weighted by atomic mass is 16.4. The van der Waals surface area contributed by atoms with E-state index >= 15 is 0 Å². The molecule has 2 rings (SSSR count). The van der Waals surface area contributed by atoms with Crippen LogP contribution < -0.4 is 0 Å². The van der Waals surface area contributed by atoms with E-state index < -0.39 is 5.97 Å². The zero-order valence-electron chi connectivity index (χ0n) is 10.3. The van der Waals surface area contributed by atoms with Gasteiger partial charge in [-0.2, -0.15) is 0 Å². The molecule has 2 saturated heterocycles. The molecule has 2 fully saturated rings. The maximum absolute atomic E-state index is 12.1. The van der Waals surface area contributed by atoms with Crippen LogP contribution in [0.5, 0.6) is 0 Å². The van der Waals surface area contributed by atoms with Crippen molar-refractivity contribution < 1.29 is 14.7 Å². The van der Waals surface area contributed by atoms with Crippen molar-refractivity contribution in [2.45, 2.75) is 26.2 Å². The van der Waals surface area contributed by atoms with Crippen molar-refractivity contribution >= 4 is 12.0 Å². The smallest absolute Gasteiger partial charge is 0.320 e. The van der Waals surface area contributed by atoms with Crippen molar-refractivity contribution in [1.82, 2.24) is 9.80 Å². The lowest BCUT2D eigenvalue weighted by Crippen LogP contribution is -2.45. The SMILES string of the molecule is CC1CCN(C(=O)N2CCC(C(=O)O)C2)CC1. The minimum atomic E-state index is -0.785. The first kappa shape index (κ1) is 12.2. The summed E-state index contributed by atoms with van der Waals surface area (Å²) in [4.78, 5) is 26.5. The van der Waals surface area contributed by atoms with Gasteiger partial charge in [0.05, 0.1) is 5.92 Å². The largest absolute Gasteiger partial charge is 0.481 e. The number of rotatable bonds is 1. The Labute approximate surface area is 101 Å². The van der Waals surface area contributed by atoms with Crippen molar-refractivity contribution in [3.63, 3.8) is 0 Å². The molecule has 0 saturated carbocycles. The summed E-state index contributed by atoms with van der Waals surface area (Å²) in [5.41, 5.74) is 0. The van der Waals surface area contributed by atoms with Gasteiger partial charge in [0.1, 0.15) is 0 Å². The van der Waals surface area contributed by atoms with E-state index in [0.29, 0.717) is 25.4 Å². The molecule has 0 aromatic carbocycles. The maximum Gasteiger partial charge on any atom is 0.320 e. The van der Waals surface area contributed by atoms with Crippen molar-refractivity contribution in [2.75, 3.05) is 26.2 Å². The number of hydrogen-bond acceptors (Lipinski definition) is 2. The van der Waals surface area contributed by atoms with Crippen LogP contribution in [0, 0.1) is 11.8 Å². The van der Waals surface area contributed by atoms with Gasteiger partial charge >= 0.3 is 12.0 Å². The number of piperidine rings is 1. The molecule has 1 N–H and O–H groups in total. The molecule has 2 heterocycles. The minimum Gasteiger partial charge on any atom is -0.481 e. The van der Waals surface area contributed by atoms with Gasteiger partial charge in [-0.05, 0) is 25.2 Å². The van der Waals surface area contributed by atoms with Crippen LogP contribution in [-0.2, 0) is 4.79 Å². The van der Waals surface area contributed by atoms with Crippen molar-refractivity contribution in [1.29, 1.82) is 0 Å². The van der Waals surface area contributed by atoms with Crippen LogP contribution in [0.25, 0.3) is 0 Å². The number of urea groups is 1. The Balaban J connectivity index is 1.86. The predicted octanol–water partition coefficient (Wildman–Crippen LogP) is 1.24. The number of carboxylic acids is 1. The van der Waals surface area contributed by atoms with Gasteiger partial charge in [0.2, 0.25) is 0 Å². The van der Waals surface area contributed by atoms with Crippen LogP contribution in [-0.4, -0.2) is 53.1 Å². The highest BCUT2D eigenvalue weighted by Crippen LogP contribution is 2.21. The Morgan fingerprint density at radius 2 is 1.65 bits per heavy atom. The molecular weight excluding hydrogens is 220 g/mol. The second-order valence-electron chi connectivity index (χ2n) is 5.22. The number of aliphatic carboxylic acids is 1. The highest BCUT2D eigenvalue weighted by Gasteiger charge is 2.33. The third kappa shape index (κ3) is 2.70. The molecule has 1 atom stereocenters. The highest BCUT2D eigenvalue weighted by molar-refractivity contribution is 5.77. The van der Waals surface area contributed by atoms with E-state index in [9.17, 15) is 9.59 Å². The maximum atomic E-state index is 12.1. The topological polar surface area (TPSA) is 60.9 Å². The fourth-order valence-electron chi connectivity index (χ4n) is 2.54. The van der Waals surface area contributed by atoms with Gasteiger partial charge < -0.3 is 14.9 Å². The van der Waals surface area contributed by atoms with E-state index in [0.717, 1.165) is 25.9 Å². The normalized spacial score (nSPS) is 26.3. The molecule has 0 aromatic heterocycles. The average Bonchev–Trinajstić information content (AvgIpc) is 2.78. The van der Waals surface area contributed by atoms with E-state index in [1.807, 2.05) is 4.90 Å². The average molecular weight is 240 g/mol. The summed E-state index contributed by atoms with van der Waals surface area (Å²) in [5.74, 6) is -0.459. The molecule has 5 heteroatoms. The third-order valence-electron chi connectivity index (χ3n) is 3.86. The van der Waals surface area contributed by atoms with Gasteiger partial charge in [-0.25, -0.2) is 4.79 Å². The lowest BCUT2D eigenvalue weighted by atomic mass is 10.00. The van der Waals surface area contributed by atoms with Gasteiger partial charge in [-0.15, -0.1) is 0 Å². The standard InChI is InChI=1S/C12H20N2O3/c1-9-2-5-13(6-3-9)12(17)14-7-4-10(8-14)11(15)16/h9-10H,2-8H2,1H3,(H,15,16). The lowest BCUT2D eigenvalue weighted by Gasteiger charge is -2.33. The molecule has 96 valence electrons. The second kappa shape index (κ2) is 4.94. The van der Waals surface area contributed by atoms with Crippen molar-refractivity contribution in [3.8, 4) is 0 Å². The Bertz CT molecular complexity index is 311. The first-order valence-electron chi connectivity index (χ1n) is 6.34. The number of likely N-dealkylation sites (tertiary alicyclic amines) is 2. The van der Waals surface area contributed by atoms with Gasteiger partial charge in [0.25, 0.3) is 0 Å². The summed E-state index contributed by atoms with van der Waals surface area (Å²) in [5, 5.41) is 8.91. The molecule has 2 aliphatic heterocycles. The van der Waals surface area contributed by atoms with E-state index in [2.05, 4.69) is 6.92 Å². The number of amides is 2. The summed E-state index contributed by atoms with van der Waals surface area (Å²) in [6.07, 6.45) is 2.70. The van der Waals surface area contributed by atoms with E-state index in [4.69, 9.17) is 5.11 Å². The third-order valence-corrected chi connectivity index (χ3v) is 3.86. The molecule has 2 aliphatic rings. The van der Waals surface area contributed by atoms with Crippen LogP contribution in [0.15, 0.2) is 0 Å². The Morgan fingerprint density at radius 3 is 2.18 bits per heavy atom. The van der Waals surface area contributed by atoms with E-state index in [1.54, 1.807) is 4.90 Å². The monoisotopic (exact) mass is 240 g/mol. The van der Waals surface area contributed by atoms with Crippen LogP contribution in [0.1, 0.15) is 26.2 Å². The summed E-state index contributed by atoms with van der Waals surface area (Å²) in [6, 6.07) is 0.0284. The Hall–Kier alpha value is -1.26. The van der Waals surface area contributed by atoms with E-state index in [1.165, 1.54) is 0 Å². The van der Waals surface area contributed by atoms with Gasteiger partial charge in [-0.1, -0.05) is 6.92 Å². The van der Waals surface area contributed by atoms with Gasteiger partial charge in [-0.3, -0.25) is 4.79 Å². The summed E-state index contributed by atoms with van der Waals surface area (Å²) in [6.45, 7) is 4.79. The second-order valence-corrected chi connectivity index (χ2v) is 5.22. The Morgan fingerprint density at radius 1 is 1.06 bits per heavy atom. The summed E-state index contributed by atoms with van der Waals surface area (Å²) >= 11 is 0. The van der Waals surface area contributed by atoms with Crippen molar-refractivity contribution in [2.24, 2.45) is 11.8 Å². The molecule has 0 aliphatic carbocycles. The van der Waals surface area contributed by atoms with Gasteiger partial charge in [0.15, 0.2) is 0 Å². The molecule has 0 aromatic rings.